The summed E-state index contributed by atoms with van der Waals surface area (Å²) >= 11 is 0. The first kappa shape index (κ1) is 13.3. The van der Waals surface area contributed by atoms with Crippen LogP contribution in [0.25, 0.3) is 0 Å². The normalized spacial score (nSPS) is 40.1. The highest BCUT2D eigenvalue weighted by molar-refractivity contribution is 7.86. The van der Waals surface area contributed by atoms with Gasteiger partial charge in [0.1, 0.15) is 0 Å². The van der Waals surface area contributed by atoms with Gasteiger partial charge in [0.25, 0.3) is 10.2 Å². The summed E-state index contributed by atoms with van der Waals surface area (Å²) in [4.78, 5) is 11.2. The Kier molecular flexibility index (Phi) is 3.11. The lowest BCUT2D eigenvalue weighted by atomic mass is 9.89. The van der Waals surface area contributed by atoms with Crippen LogP contribution in [-0.4, -0.2) is 53.3 Å². The molecule has 0 aromatic carbocycles. The number of hydrogen-bond acceptors (Lipinski definition) is 3. The van der Waals surface area contributed by atoms with Crippen LogP contribution < -0.4 is 0 Å². The minimum atomic E-state index is -3.47. The lowest BCUT2D eigenvalue weighted by Crippen LogP contribution is -2.46. The first-order chi connectivity index (χ1) is 8.91. The van der Waals surface area contributed by atoms with E-state index in [2.05, 4.69) is 0 Å². The molecule has 19 heavy (non-hydrogen) atoms. The van der Waals surface area contributed by atoms with E-state index in [9.17, 15) is 18.3 Å². The van der Waals surface area contributed by atoms with Gasteiger partial charge in [-0.2, -0.15) is 17.0 Å². The number of hydrogen-bond donors (Lipinski definition) is 1. The summed E-state index contributed by atoms with van der Waals surface area (Å²) in [7, 11) is -3.47. The summed E-state index contributed by atoms with van der Waals surface area (Å²) < 4.78 is 28.4. The summed E-state index contributed by atoms with van der Waals surface area (Å²) in [6.07, 6.45) is 2.86. The van der Waals surface area contributed by atoms with Gasteiger partial charge in [-0.05, 0) is 31.6 Å². The van der Waals surface area contributed by atoms with Crippen LogP contribution in [0.5, 0.6) is 0 Å². The molecule has 4 atom stereocenters. The van der Waals surface area contributed by atoms with Crippen molar-refractivity contribution in [1.29, 1.82) is 0 Å². The molecule has 6 nitrogen and oxygen atoms in total. The van der Waals surface area contributed by atoms with E-state index in [-0.39, 0.29) is 12.1 Å². The molecule has 3 heterocycles. The van der Waals surface area contributed by atoms with Gasteiger partial charge in [0.15, 0.2) is 0 Å². The minimum Gasteiger partial charge on any atom is -0.481 e. The largest absolute Gasteiger partial charge is 0.481 e. The molecule has 0 aromatic rings. The van der Waals surface area contributed by atoms with Crippen LogP contribution in [-0.2, 0) is 15.0 Å². The fraction of sp³-hybridized carbons (Fsp3) is 0.917. The molecule has 0 spiro atoms. The third kappa shape index (κ3) is 1.98. The molecule has 7 heteroatoms. The van der Waals surface area contributed by atoms with Crippen LogP contribution in [0, 0.1) is 11.8 Å². The highest BCUT2D eigenvalue weighted by Crippen LogP contribution is 2.44. The zero-order chi connectivity index (χ0) is 13.8. The third-order valence-corrected chi connectivity index (χ3v) is 6.86. The molecule has 0 amide bonds. The van der Waals surface area contributed by atoms with Crippen LogP contribution in [0.1, 0.15) is 32.6 Å². The summed E-state index contributed by atoms with van der Waals surface area (Å²) in [5, 5.41) is 9.19. The van der Waals surface area contributed by atoms with Crippen LogP contribution >= 0.6 is 0 Å². The molecule has 3 saturated heterocycles. The fourth-order valence-corrected chi connectivity index (χ4v) is 6.01. The van der Waals surface area contributed by atoms with Crippen LogP contribution in [0.2, 0.25) is 0 Å². The van der Waals surface area contributed by atoms with Gasteiger partial charge in [0.2, 0.25) is 0 Å². The van der Waals surface area contributed by atoms with E-state index in [0.29, 0.717) is 31.8 Å². The highest BCUT2D eigenvalue weighted by Gasteiger charge is 2.55. The molecule has 3 aliphatic heterocycles. The molecule has 3 fully saturated rings. The van der Waals surface area contributed by atoms with Gasteiger partial charge < -0.3 is 5.11 Å². The van der Waals surface area contributed by atoms with Gasteiger partial charge in [0.05, 0.1) is 5.92 Å². The van der Waals surface area contributed by atoms with Gasteiger partial charge in [-0.3, -0.25) is 4.79 Å². The molecule has 4 unspecified atom stereocenters. The van der Waals surface area contributed by atoms with E-state index >= 15 is 0 Å². The van der Waals surface area contributed by atoms with Crippen LogP contribution in [0.4, 0.5) is 0 Å². The molecule has 0 radical (unpaired) electrons. The van der Waals surface area contributed by atoms with Crippen molar-refractivity contribution in [2.75, 3.05) is 13.1 Å². The van der Waals surface area contributed by atoms with Crippen LogP contribution in [0.15, 0.2) is 0 Å². The Balaban J connectivity index is 1.85. The molecule has 0 aliphatic carbocycles. The smallest absolute Gasteiger partial charge is 0.308 e. The van der Waals surface area contributed by atoms with E-state index in [1.807, 2.05) is 6.92 Å². The lowest BCUT2D eigenvalue weighted by Gasteiger charge is -2.27. The Labute approximate surface area is 113 Å². The number of aliphatic carboxylic acids is 1. The molecule has 2 bridgehead atoms. The third-order valence-electron chi connectivity index (χ3n) is 4.77. The maximum Gasteiger partial charge on any atom is 0.308 e. The number of carbonyl (C=O) groups is 1. The second kappa shape index (κ2) is 4.43. The lowest BCUT2D eigenvalue weighted by molar-refractivity contribution is -0.142. The Bertz CT molecular complexity index is 492. The van der Waals surface area contributed by atoms with Crippen LogP contribution in [0.3, 0.4) is 0 Å². The summed E-state index contributed by atoms with van der Waals surface area (Å²) in [6.45, 7) is 3.18. The summed E-state index contributed by atoms with van der Waals surface area (Å²) in [5.41, 5.74) is 0. The molecule has 3 rings (SSSR count). The molecular weight excluding hydrogens is 268 g/mol. The zero-order valence-corrected chi connectivity index (χ0v) is 11.8. The number of rotatable bonds is 3. The van der Waals surface area contributed by atoms with Gasteiger partial charge in [-0.25, -0.2) is 0 Å². The van der Waals surface area contributed by atoms with E-state index < -0.39 is 22.1 Å². The van der Waals surface area contributed by atoms with Crippen molar-refractivity contribution in [2.24, 2.45) is 11.8 Å². The summed E-state index contributed by atoms with van der Waals surface area (Å²) in [6, 6.07) is -0.435. The highest BCUT2D eigenvalue weighted by atomic mass is 32.2. The quantitative estimate of drug-likeness (QED) is 0.821. The molecular formula is C12H20N2O4S. The molecule has 1 N–H and O–H groups in total. The monoisotopic (exact) mass is 288 g/mol. The van der Waals surface area contributed by atoms with Gasteiger partial charge in [-0.1, -0.05) is 6.92 Å². The summed E-state index contributed by atoms with van der Waals surface area (Å²) in [5.74, 6) is -0.985. The maximum absolute atomic E-state index is 12.7. The average molecular weight is 288 g/mol. The Hall–Kier alpha value is -0.660. The first-order valence-electron chi connectivity index (χ1n) is 6.92. The fourth-order valence-electron chi connectivity index (χ4n) is 3.80. The molecule has 3 aliphatic rings. The SMILES string of the molecule is CC1CCN(S(=O)(=O)N2C3CCC2C(C(=O)O)C3)C1. The second-order valence-electron chi connectivity index (χ2n) is 6.07. The second-order valence-corrected chi connectivity index (χ2v) is 7.90. The van der Waals surface area contributed by atoms with Crippen molar-refractivity contribution in [3.63, 3.8) is 0 Å². The maximum atomic E-state index is 12.7. The van der Waals surface area contributed by atoms with Gasteiger partial charge in [0, 0.05) is 25.2 Å². The van der Waals surface area contributed by atoms with Gasteiger partial charge >= 0.3 is 5.97 Å². The van der Waals surface area contributed by atoms with E-state index in [4.69, 9.17) is 0 Å². The predicted molar refractivity (Wildman–Crippen MR) is 68.7 cm³/mol. The topological polar surface area (TPSA) is 77.9 Å². The molecule has 108 valence electrons. The number of nitrogens with zero attached hydrogens (tertiary/aromatic N) is 2. The number of carboxylic acids is 1. The molecule has 0 aromatic heterocycles. The van der Waals surface area contributed by atoms with Crippen molar-refractivity contribution in [3.05, 3.63) is 0 Å². The molecule has 0 saturated carbocycles. The Morgan fingerprint density at radius 1 is 1.26 bits per heavy atom. The predicted octanol–water partition coefficient (Wildman–Crippen LogP) is 0.510. The standard InChI is InChI=1S/C12H20N2O4S/c1-8-4-5-13(7-8)19(17,18)14-9-2-3-11(14)10(6-9)12(15)16/h8-11H,2-7H2,1H3,(H,15,16). The van der Waals surface area contributed by atoms with E-state index in [0.717, 1.165) is 12.8 Å². The minimum absolute atomic E-state index is 0.105. The number of fused-ring (bicyclic) bond motifs is 2. The van der Waals surface area contributed by atoms with Crippen molar-refractivity contribution < 1.29 is 18.3 Å². The van der Waals surface area contributed by atoms with Crippen molar-refractivity contribution in [3.8, 4) is 0 Å². The van der Waals surface area contributed by atoms with E-state index in [1.54, 1.807) is 0 Å². The van der Waals surface area contributed by atoms with Crippen molar-refractivity contribution in [1.82, 2.24) is 8.61 Å². The zero-order valence-electron chi connectivity index (χ0n) is 11.0. The number of carboxylic acid groups (broad SMARTS) is 1. The Morgan fingerprint density at radius 2 is 2.00 bits per heavy atom. The first-order valence-corrected chi connectivity index (χ1v) is 8.32. The van der Waals surface area contributed by atoms with E-state index in [1.165, 1.54) is 8.61 Å². The Morgan fingerprint density at radius 3 is 2.53 bits per heavy atom. The average Bonchev–Trinajstić information content (AvgIpc) is 3.01. The van der Waals surface area contributed by atoms with Gasteiger partial charge in [-0.15, -0.1) is 0 Å². The van der Waals surface area contributed by atoms with Crippen molar-refractivity contribution in [2.45, 2.75) is 44.7 Å². The van der Waals surface area contributed by atoms with Crippen molar-refractivity contribution >= 4 is 16.2 Å².